The maximum Gasteiger partial charge on any atom is 0.366 e. The summed E-state index contributed by atoms with van der Waals surface area (Å²) >= 11 is 0. The molecule has 0 aliphatic carbocycles. The minimum Gasteiger partial charge on any atom is -0.467 e. The van der Waals surface area contributed by atoms with Crippen molar-refractivity contribution in [3.05, 3.63) is 287 Å². The highest BCUT2D eigenvalue weighted by Gasteiger charge is 2.65. The summed E-state index contributed by atoms with van der Waals surface area (Å²) in [6.07, 6.45) is -32.1. The number of benzene rings is 8. The molecule has 0 radical (unpaired) electrons. The Morgan fingerprint density at radius 2 is 0.818 bits per heavy atom. The number of amides is 2. The first-order valence-electron chi connectivity index (χ1n) is 47.8. The minimum absolute atomic E-state index is 0.00331. The van der Waals surface area contributed by atoms with Crippen LogP contribution in [0.25, 0.3) is 0 Å². The normalized spacial score (nSPS) is 25.1. The lowest BCUT2D eigenvalue weighted by Gasteiger charge is -2.53. The lowest BCUT2D eigenvalue weighted by molar-refractivity contribution is -0.395. The molecule has 8 aromatic carbocycles. The van der Waals surface area contributed by atoms with Gasteiger partial charge in [0.1, 0.15) is 79.9 Å². The Kier molecular flexibility index (Phi) is 42.5. The van der Waals surface area contributed by atoms with Crippen LogP contribution in [-0.4, -0.2) is 250 Å². The predicted molar refractivity (Wildman–Crippen MR) is 517 cm³/mol. The molecule has 12 rings (SSSR count). The van der Waals surface area contributed by atoms with Gasteiger partial charge in [0, 0.05) is 69.8 Å². The van der Waals surface area contributed by atoms with E-state index in [0.29, 0.717) is 28.3 Å². The van der Waals surface area contributed by atoms with Crippen molar-refractivity contribution < 1.29 is 152 Å². The molecule has 35 heteroatoms. The van der Waals surface area contributed by atoms with E-state index in [2.05, 4.69) is 30.3 Å². The van der Waals surface area contributed by atoms with Crippen LogP contribution in [-0.2, 0) is 205 Å². The van der Waals surface area contributed by atoms with Crippen LogP contribution in [0, 0.1) is 0 Å². The summed E-state index contributed by atoms with van der Waals surface area (Å²) in [6, 6.07) is 71.0. The summed E-state index contributed by atoms with van der Waals surface area (Å²) < 4.78 is 155. The molecule has 4 heterocycles. The largest absolute Gasteiger partial charge is 0.467 e. The van der Waals surface area contributed by atoms with Gasteiger partial charge in [0.2, 0.25) is 11.8 Å². The van der Waals surface area contributed by atoms with E-state index in [1.165, 1.54) is 14.0 Å². The molecular weight excluding hydrogens is 1870 g/mol. The maximum absolute atomic E-state index is 16.6. The van der Waals surface area contributed by atoms with Crippen LogP contribution >= 0.6 is 0 Å². The molecule has 0 aromatic heterocycles. The topological polar surface area (TPSA) is 390 Å². The van der Waals surface area contributed by atoms with Gasteiger partial charge in [-0.3, -0.25) is 33.6 Å². The quantitative estimate of drug-likeness (QED) is 0.0203. The second-order valence-electron chi connectivity index (χ2n) is 36.7. The maximum atomic E-state index is 16.6. The number of nitrogens with one attached hydrogen (secondary N) is 2. The standard InChI is InChI=1S/C108H132N2O32Si/c1-70(111)109-91-84(128-61-79-43-27-16-28-44-79)55-107(105(118)121-8,140-97(91)93(129-62-80-45-29-17-30-46-80)86(120-7)66-123-58-76-37-21-13-22-38-76)57-90(117)110-92-85(133-72(3)113)56-108(106(119)122-9,141-98(92)94(135-74(5)115)89(134-73(4)114)69-127-71(2)112)142-100-96(136-75(6)116)88(68-125-60-78-41-25-15-26-42-78)138-104(102(100)132-65-83-51-35-20-36-52-83)139-95-87(67-124-59-77-39-23-14-24-40-77)137-103(126-53-54-143(10,11)12)101(131-64-82-49-33-19-34-50-82)99(95)130-63-81-47-31-18-32-48-81/h13-52,84-89,91-104H,53-69H2,1-12H3,(H,109,111)(H,110,117)/t84-,85-,86+,87+,88+,89+,91+,92+,93+,94+,95+,96-,97+,98+,99-,100-,101+,102+,103+,104-,107-,108-/m0/s1. The van der Waals surface area contributed by atoms with Gasteiger partial charge < -0.3 is 120 Å². The first-order chi connectivity index (χ1) is 69.0. The number of ether oxygens (including phenoxy) is 23. The van der Waals surface area contributed by atoms with Crippen molar-refractivity contribution in [3.8, 4) is 0 Å². The van der Waals surface area contributed by atoms with Crippen molar-refractivity contribution in [3.63, 3.8) is 0 Å². The molecule has 22 atom stereocenters. The summed E-state index contributed by atoms with van der Waals surface area (Å²) in [7, 11) is 1.61. The third kappa shape index (κ3) is 33.0. The van der Waals surface area contributed by atoms with E-state index in [9.17, 15) is 28.8 Å². The van der Waals surface area contributed by atoms with Crippen LogP contribution in [0.5, 0.6) is 0 Å². The Morgan fingerprint density at radius 3 is 1.27 bits per heavy atom. The summed E-state index contributed by atoms with van der Waals surface area (Å²) in [6.45, 7) is 10.9. The molecule has 770 valence electrons. The Labute approximate surface area is 834 Å². The fourth-order valence-electron chi connectivity index (χ4n) is 17.6. The van der Waals surface area contributed by atoms with E-state index in [1.807, 2.05) is 170 Å². The number of carbonyl (C=O) groups excluding carboxylic acids is 9. The molecule has 0 saturated carbocycles. The van der Waals surface area contributed by atoms with Crippen LogP contribution in [0.4, 0.5) is 0 Å². The van der Waals surface area contributed by atoms with E-state index >= 15 is 14.4 Å². The van der Waals surface area contributed by atoms with E-state index in [-0.39, 0.29) is 72.7 Å². The fraction of sp³-hybridized carbons (Fsp3) is 0.472. The zero-order valence-corrected chi connectivity index (χ0v) is 83.7. The van der Waals surface area contributed by atoms with Crippen LogP contribution in [0.2, 0.25) is 25.7 Å². The van der Waals surface area contributed by atoms with Gasteiger partial charge >= 0.3 is 41.8 Å². The van der Waals surface area contributed by atoms with Crippen molar-refractivity contribution in [1.29, 1.82) is 0 Å². The summed E-state index contributed by atoms with van der Waals surface area (Å²) in [5.41, 5.74) is 3.16. The molecular formula is C108H132N2O32Si. The molecule has 4 saturated heterocycles. The van der Waals surface area contributed by atoms with Crippen molar-refractivity contribution in [1.82, 2.24) is 10.6 Å². The Balaban J connectivity index is 1.03. The Hall–Kier alpha value is -11.4. The lowest BCUT2D eigenvalue weighted by Crippen LogP contribution is -2.72. The van der Waals surface area contributed by atoms with Crippen LogP contribution in [0.15, 0.2) is 243 Å². The predicted octanol–water partition coefficient (Wildman–Crippen LogP) is 12.2. The summed E-state index contributed by atoms with van der Waals surface area (Å²) in [5, 5.41) is 5.91. The zero-order chi connectivity index (χ0) is 102. The number of hydrogen-bond acceptors (Lipinski definition) is 32. The van der Waals surface area contributed by atoms with Crippen molar-refractivity contribution in [2.45, 2.75) is 273 Å². The molecule has 4 fully saturated rings. The van der Waals surface area contributed by atoms with Crippen molar-refractivity contribution in [2.75, 3.05) is 54.4 Å². The smallest absolute Gasteiger partial charge is 0.366 e. The number of methoxy groups -OCH3 is 3. The number of esters is 7. The molecule has 8 aromatic rings. The number of carbonyl (C=O) groups is 9. The Bertz CT molecular complexity index is 5260. The lowest BCUT2D eigenvalue weighted by atomic mass is 9.81. The third-order valence-electron chi connectivity index (χ3n) is 24.3. The molecule has 2 N–H and O–H groups in total. The van der Waals surface area contributed by atoms with Gasteiger partial charge in [-0.1, -0.05) is 262 Å². The van der Waals surface area contributed by atoms with E-state index in [0.717, 1.165) is 71.1 Å². The first-order valence-corrected chi connectivity index (χ1v) is 51.5. The average molecular weight is 2000 g/mol. The molecule has 4 aliphatic rings. The molecule has 2 amide bonds. The SMILES string of the molecule is COC(=O)[C@@]1(CC(=O)N[C@H]2[C@H]([C@H](OC(C)=O)[C@@H](COC(C)=O)OC(C)=O)O[C@@](O[C@H]3[C@@H](OC(C)=O)[C@@H](COCc4ccccc4)O[C@@H](O[C@H]4[C@H](OCc5ccccc5)[C@@H](OCc5ccccc5)[C@H](OCC[Si](C)(C)C)O[C@@H]4COCc4ccccc4)[C@@H]3OCc3ccccc3)(C(=O)OC)C[C@@H]2OC(C)=O)C[C@H](OCc2ccccc2)[C@@H](NC(C)=O)[C@H]([C@H](OCc2ccccc2)[C@@H](COCc2ccccc2)OC)O1. The third-order valence-corrected chi connectivity index (χ3v) is 26.0. The summed E-state index contributed by atoms with van der Waals surface area (Å²) in [5.74, 6) is -12.8. The molecule has 0 unspecified atom stereocenters. The monoisotopic (exact) mass is 2000 g/mol. The highest BCUT2D eigenvalue weighted by molar-refractivity contribution is 6.76. The molecule has 0 spiro atoms. The molecule has 0 bridgehead atoms. The highest BCUT2D eigenvalue weighted by atomic mass is 28.3. The van der Waals surface area contributed by atoms with Gasteiger partial charge in [0.15, 0.2) is 36.5 Å². The molecule has 34 nitrogen and oxygen atoms in total. The Morgan fingerprint density at radius 1 is 0.392 bits per heavy atom. The van der Waals surface area contributed by atoms with Gasteiger partial charge in [-0.05, 0) is 50.6 Å². The van der Waals surface area contributed by atoms with Crippen LogP contribution < -0.4 is 10.6 Å². The highest BCUT2D eigenvalue weighted by Crippen LogP contribution is 2.45. The number of rotatable bonds is 52. The van der Waals surface area contributed by atoms with Gasteiger partial charge in [-0.15, -0.1) is 0 Å². The van der Waals surface area contributed by atoms with Crippen LogP contribution in [0.1, 0.15) is 105 Å². The van der Waals surface area contributed by atoms with Gasteiger partial charge in [-0.2, -0.15) is 0 Å². The van der Waals surface area contributed by atoms with E-state index < -0.39 is 228 Å². The first kappa shape index (κ1) is 110. The van der Waals surface area contributed by atoms with Crippen LogP contribution in [0.3, 0.4) is 0 Å². The van der Waals surface area contributed by atoms with Gasteiger partial charge in [-0.25, -0.2) is 9.59 Å². The molecule has 4 aliphatic heterocycles. The van der Waals surface area contributed by atoms with Crippen molar-refractivity contribution >= 4 is 61.7 Å². The molecule has 143 heavy (non-hydrogen) atoms. The average Bonchev–Trinajstić information content (AvgIpc) is 0.739. The van der Waals surface area contributed by atoms with E-state index in [4.69, 9.17) is 109 Å². The minimum atomic E-state index is -3.22. The van der Waals surface area contributed by atoms with Gasteiger partial charge in [0.05, 0.1) is 118 Å². The van der Waals surface area contributed by atoms with Crippen molar-refractivity contribution in [2.24, 2.45) is 0 Å². The second-order valence-corrected chi connectivity index (χ2v) is 42.3. The zero-order valence-electron chi connectivity index (χ0n) is 82.7. The number of hydrogen-bond donors (Lipinski definition) is 2. The second kappa shape index (κ2) is 55.0. The van der Waals surface area contributed by atoms with E-state index in [1.54, 1.807) is 72.8 Å². The summed E-state index contributed by atoms with van der Waals surface area (Å²) in [4.78, 5) is 133. The fourth-order valence-corrected chi connectivity index (χ4v) is 18.4. The van der Waals surface area contributed by atoms with Gasteiger partial charge in [0.25, 0.3) is 5.79 Å².